The van der Waals surface area contributed by atoms with Crippen molar-refractivity contribution in [3.8, 4) is 5.75 Å². The minimum absolute atomic E-state index is 0.105. The first kappa shape index (κ1) is 19.7. The molecule has 0 aliphatic heterocycles. The molecule has 6 nitrogen and oxygen atoms in total. The maximum atomic E-state index is 12.4. The minimum Gasteiger partial charge on any atom is -0.495 e. The highest BCUT2D eigenvalue weighted by molar-refractivity contribution is 8.02. The quantitative estimate of drug-likeness (QED) is 0.500. The highest BCUT2D eigenvalue weighted by atomic mass is 32.2. The first-order valence-corrected chi connectivity index (χ1v) is 10.9. The van der Waals surface area contributed by atoms with Crippen LogP contribution in [0.3, 0.4) is 0 Å². The molecule has 3 rings (SSSR count). The van der Waals surface area contributed by atoms with Crippen molar-refractivity contribution in [3.05, 3.63) is 46.7 Å². The Labute approximate surface area is 170 Å². The Morgan fingerprint density at radius 3 is 2.89 bits per heavy atom. The molecule has 0 aliphatic carbocycles. The summed E-state index contributed by atoms with van der Waals surface area (Å²) in [7, 11) is 1.58. The fourth-order valence-electron chi connectivity index (χ4n) is 2.26. The standard InChI is InChI=1S/C18H20N4O2S3/c1-12(16(23)20-14-7-3-4-8-15(14)24-2)26-18-22-21-17(27-18)19-10-9-13-6-5-11-25-13/h3-8,11-12H,9-10H2,1-2H3,(H,19,21)(H,20,23). The van der Waals surface area contributed by atoms with Gasteiger partial charge in [-0.2, -0.15) is 0 Å². The molecule has 3 aromatic rings. The van der Waals surface area contributed by atoms with Gasteiger partial charge in [-0.15, -0.1) is 21.5 Å². The third-order valence-corrected chi connectivity index (χ3v) is 6.65. The van der Waals surface area contributed by atoms with Gasteiger partial charge in [0.2, 0.25) is 11.0 Å². The highest BCUT2D eigenvalue weighted by Gasteiger charge is 2.18. The molecule has 142 valence electrons. The summed E-state index contributed by atoms with van der Waals surface area (Å²) in [6.45, 7) is 2.66. The van der Waals surface area contributed by atoms with Crippen LogP contribution in [0, 0.1) is 0 Å². The van der Waals surface area contributed by atoms with Gasteiger partial charge in [-0.05, 0) is 36.9 Å². The zero-order valence-electron chi connectivity index (χ0n) is 15.0. The van der Waals surface area contributed by atoms with E-state index in [4.69, 9.17) is 4.74 Å². The molecule has 27 heavy (non-hydrogen) atoms. The first-order valence-electron chi connectivity index (χ1n) is 8.36. The molecular weight excluding hydrogens is 400 g/mol. The zero-order valence-corrected chi connectivity index (χ0v) is 17.4. The number of benzene rings is 1. The van der Waals surface area contributed by atoms with Crippen molar-refractivity contribution in [2.24, 2.45) is 0 Å². The van der Waals surface area contributed by atoms with E-state index in [2.05, 4.69) is 38.3 Å². The maximum Gasteiger partial charge on any atom is 0.237 e. The second-order valence-electron chi connectivity index (χ2n) is 5.58. The largest absolute Gasteiger partial charge is 0.495 e. The molecule has 2 N–H and O–H groups in total. The monoisotopic (exact) mass is 420 g/mol. The maximum absolute atomic E-state index is 12.4. The number of hydrogen-bond acceptors (Lipinski definition) is 8. The van der Waals surface area contributed by atoms with Gasteiger partial charge < -0.3 is 15.4 Å². The number of thiophene rings is 1. The van der Waals surface area contributed by atoms with E-state index in [0.717, 1.165) is 22.4 Å². The Morgan fingerprint density at radius 2 is 2.11 bits per heavy atom. The lowest BCUT2D eigenvalue weighted by Crippen LogP contribution is -2.22. The fourth-order valence-corrected chi connectivity index (χ4v) is 4.89. The Hall–Kier alpha value is -2.10. The molecule has 1 aromatic carbocycles. The third-order valence-electron chi connectivity index (χ3n) is 3.65. The second-order valence-corrected chi connectivity index (χ2v) is 9.18. The molecule has 2 heterocycles. The number of nitrogens with one attached hydrogen (secondary N) is 2. The topological polar surface area (TPSA) is 76.1 Å². The molecule has 0 radical (unpaired) electrons. The number of carbonyl (C=O) groups excluding carboxylic acids is 1. The van der Waals surface area contributed by atoms with Crippen molar-refractivity contribution >= 4 is 51.2 Å². The number of methoxy groups -OCH3 is 1. The predicted molar refractivity (Wildman–Crippen MR) is 113 cm³/mol. The van der Waals surface area contributed by atoms with Crippen LogP contribution in [-0.4, -0.2) is 35.0 Å². The van der Waals surface area contributed by atoms with Crippen LogP contribution in [0.2, 0.25) is 0 Å². The number of amides is 1. The summed E-state index contributed by atoms with van der Waals surface area (Å²) < 4.78 is 6.02. The van der Waals surface area contributed by atoms with Gasteiger partial charge in [0.1, 0.15) is 5.75 Å². The molecule has 0 fully saturated rings. The Morgan fingerprint density at radius 1 is 1.26 bits per heavy atom. The van der Waals surface area contributed by atoms with E-state index < -0.39 is 0 Å². The number of ether oxygens (including phenoxy) is 1. The lowest BCUT2D eigenvalue weighted by atomic mass is 10.3. The molecule has 0 aliphatic rings. The van der Waals surface area contributed by atoms with Gasteiger partial charge in [0.15, 0.2) is 4.34 Å². The highest BCUT2D eigenvalue weighted by Crippen LogP contribution is 2.30. The number of rotatable bonds is 9. The van der Waals surface area contributed by atoms with Gasteiger partial charge >= 0.3 is 0 Å². The molecule has 0 saturated heterocycles. The van der Waals surface area contributed by atoms with E-state index in [9.17, 15) is 4.79 Å². The van der Waals surface area contributed by atoms with E-state index in [1.807, 2.05) is 31.2 Å². The van der Waals surface area contributed by atoms with E-state index in [1.165, 1.54) is 28.0 Å². The van der Waals surface area contributed by atoms with Gasteiger partial charge in [0.25, 0.3) is 0 Å². The summed E-state index contributed by atoms with van der Waals surface area (Å²) >= 11 is 4.60. The zero-order chi connectivity index (χ0) is 19.1. The van der Waals surface area contributed by atoms with Crippen LogP contribution in [-0.2, 0) is 11.2 Å². The van der Waals surface area contributed by atoms with Crippen molar-refractivity contribution in [1.29, 1.82) is 0 Å². The third kappa shape index (κ3) is 5.69. The van der Waals surface area contributed by atoms with Gasteiger partial charge in [-0.3, -0.25) is 4.79 Å². The molecule has 1 amide bonds. The summed E-state index contributed by atoms with van der Waals surface area (Å²) in [6, 6.07) is 11.5. The average Bonchev–Trinajstić information content (AvgIpc) is 3.34. The van der Waals surface area contributed by atoms with Crippen LogP contribution >= 0.6 is 34.4 Å². The van der Waals surface area contributed by atoms with Crippen molar-refractivity contribution < 1.29 is 9.53 Å². The summed E-state index contributed by atoms with van der Waals surface area (Å²) in [5.41, 5.74) is 0.658. The van der Waals surface area contributed by atoms with Gasteiger partial charge in [0, 0.05) is 11.4 Å². The molecule has 0 bridgehead atoms. The number of hydrogen-bond donors (Lipinski definition) is 2. The van der Waals surface area contributed by atoms with E-state index in [1.54, 1.807) is 18.4 Å². The molecule has 9 heteroatoms. The SMILES string of the molecule is COc1ccccc1NC(=O)C(C)Sc1nnc(NCCc2cccs2)s1. The van der Waals surface area contributed by atoms with Crippen LogP contribution < -0.4 is 15.4 Å². The fraction of sp³-hybridized carbons (Fsp3) is 0.278. The van der Waals surface area contributed by atoms with Crippen molar-refractivity contribution in [3.63, 3.8) is 0 Å². The molecule has 1 atom stereocenters. The van der Waals surface area contributed by atoms with Crippen LogP contribution in [0.5, 0.6) is 5.75 Å². The lowest BCUT2D eigenvalue weighted by molar-refractivity contribution is -0.115. The van der Waals surface area contributed by atoms with E-state index >= 15 is 0 Å². The Balaban J connectivity index is 1.49. The second kappa shape index (κ2) is 9.72. The number of anilines is 2. The Bertz CT molecular complexity index is 867. The number of carbonyl (C=O) groups is 1. The van der Waals surface area contributed by atoms with Gasteiger partial charge in [-0.1, -0.05) is 41.3 Å². The number of thioether (sulfide) groups is 1. The normalized spacial score (nSPS) is 11.8. The Kier molecular flexibility index (Phi) is 7.08. The average molecular weight is 421 g/mol. The van der Waals surface area contributed by atoms with E-state index in [0.29, 0.717) is 11.4 Å². The molecule has 1 unspecified atom stereocenters. The summed E-state index contributed by atoms with van der Waals surface area (Å²) in [4.78, 5) is 13.8. The van der Waals surface area contributed by atoms with Crippen LogP contribution in [0.1, 0.15) is 11.8 Å². The number of aromatic nitrogens is 2. The molecule has 0 spiro atoms. The van der Waals surface area contributed by atoms with Gasteiger partial charge in [0.05, 0.1) is 18.0 Å². The molecular formula is C18H20N4O2S3. The number of para-hydroxylation sites is 2. The van der Waals surface area contributed by atoms with Crippen LogP contribution in [0.25, 0.3) is 0 Å². The van der Waals surface area contributed by atoms with Gasteiger partial charge in [-0.25, -0.2) is 0 Å². The van der Waals surface area contributed by atoms with Crippen LogP contribution in [0.15, 0.2) is 46.1 Å². The van der Waals surface area contributed by atoms with Crippen molar-refractivity contribution in [2.45, 2.75) is 22.9 Å². The summed E-state index contributed by atoms with van der Waals surface area (Å²) in [5, 5.41) is 17.0. The lowest BCUT2D eigenvalue weighted by Gasteiger charge is -2.12. The number of nitrogens with zero attached hydrogens (tertiary/aromatic N) is 2. The minimum atomic E-state index is -0.304. The summed E-state index contributed by atoms with van der Waals surface area (Å²) in [5.74, 6) is 0.531. The molecule has 2 aromatic heterocycles. The smallest absolute Gasteiger partial charge is 0.237 e. The first-order chi connectivity index (χ1) is 13.2. The molecule has 0 saturated carbocycles. The predicted octanol–water partition coefficient (Wildman–Crippen LogP) is 4.38. The van der Waals surface area contributed by atoms with Crippen molar-refractivity contribution in [2.75, 3.05) is 24.3 Å². The van der Waals surface area contributed by atoms with Crippen molar-refractivity contribution in [1.82, 2.24) is 10.2 Å². The van der Waals surface area contributed by atoms with E-state index in [-0.39, 0.29) is 11.2 Å². The summed E-state index contributed by atoms with van der Waals surface area (Å²) in [6.07, 6.45) is 0.956. The van der Waals surface area contributed by atoms with Crippen LogP contribution in [0.4, 0.5) is 10.8 Å².